The van der Waals surface area contributed by atoms with Gasteiger partial charge in [0, 0.05) is 24.7 Å². The molecule has 1 atom stereocenters. The zero-order chi connectivity index (χ0) is 18.2. The SMILES string of the molecule is O=C1NCCc2cc(CN3CCC[C@@H]3c3ccc4c(c3)OCCO4)ccc21. The lowest BCUT2D eigenvalue weighted by atomic mass is 9.97. The van der Waals surface area contributed by atoms with Crippen molar-refractivity contribution >= 4 is 5.91 Å². The summed E-state index contributed by atoms with van der Waals surface area (Å²) in [6.07, 6.45) is 3.28. The Morgan fingerprint density at radius 2 is 1.96 bits per heavy atom. The number of rotatable bonds is 3. The van der Waals surface area contributed by atoms with E-state index in [0.29, 0.717) is 19.3 Å². The van der Waals surface area contributed by atoms with Gasteiger partial charge in [-0.1, -0.05) is 18.2 Å². The maximum absolute atomic E-state index is 12.0. The highest BCUT2D eigenvalue weighted by Crippen LogP contribution is 2.38. The number of amides is 1. The fraction of sp³-hybridized carbons (Fsp3) is 0.409. The number of nitrogens with zero attached hydrogens (tertiary/aromatic N) is 1. The van der Waals surface area contributed by atoms with Crippen LogP contribution in [0.2, 0.25) is 0 Å². The van der Waals surface area contributed by atoms with Crippen molar-refractivity contribution in [2.24, 2.45) is 0 Å². The molecule has 0 radical (unpaired) electrons. The Balaban J connectivity index is 1.37. The van der Waals surface area contributed by atoms with E-state index < -0.39 is 0 Å². The summed E-state index contributed by atoms with van der Waals surface area (Å²) in [5.74, 6) is 1.77. The highest BCUT2D eigenvalue weighted by atomic mass is 16.6. The van der Waals surface area contributed by atoms with E-state index in [4.69, 9.17) is 9.47 Å². The van der Waals surface area contributed by atoms with Crippen LogP contribution < -0.4 is 14.8 Å². The number of carbonyl (C=O) groups is 1. The number of likely N-dealkylation sites (tertiary alicyclic amines) is 1. The molecule has 1 N–H and O–H groups in total. The van der Waals surface area contributed by atoms with Crippen molar-refractivity contribution in [2.45, 2.75) is 31.8 Å². The standard InChI is InChI=1S/C22H24N2O3/c25-22-18-5-3-15(12-16(18)7-8-23-22)14-24-9-1-2-19(24)17-4-6-20-21(13-17)27-11-10-26-20/h3-6,12-13,19H,1-2,7-11,14H2,(H,23,25)/t19-/m1/s1. The van der Waals surface area contributed by atoms with E-state index in [-0.39, 0.29) is 5.91 Å². The number of hydrogen-bond donors (Lipinski definition) is 1. The third-order valence-corrected chi connectivity index (χ3v) is 5.79. The molecule has 1 saturated heterocycles. The van der Waals surface area contributed by atoms with Crippen molar-refractivity contribution in [3.05, 3.63) is 58.7 Å². The van der Waals surface area contributed by atoms with Crippen molar-refractivity contribution in [3.63, 3.8) is 0 Å². The van der Waals surface area contributed by atoms with Gasteiger partial charge in [-0.25, -0.2) is 0 Å². The number of hydrogen-bond acceptors (Lipinski definition) is 4. The predicted molar refractivity (Wildman–Crippen MR) is 102 cm³/mol. The van der Waals surface area contributed by atoms with Crippen molar-refractivity contribution in [1.82, 2.24) is 10.2 Å². The quantitative estimate of drug-likeness (QED) is 0.909. The molecule has 3 heterocycles. The average Bonchev–Trinajstić information content (AvgIpc) is 3.16. The number of benzene rings is 2. The molecule has 5 heteroatoms. The molecular formula is C22H24N2O3. The van der Waals surface area contributed by atoms with Crippen molar-refractivity contribution in [3.8, 4) is 11.5 Å². The molecule has 27 heavy (non-hydrogen) atoms. The third kappa shape index (κ3) is 3.16. The van der Waals surface area contributed by atoms with Crippen molar-refractivity contribution < 1.29 is 14.3 Å². The van der Waals surface area contributed by atoms with Crippen LogP contribution in [0.3, 0.4) is 0 Å². The van der Waals surface area contributed by atoms with Gasteiger partial charge in [0.2, 0.25) is 0 Å². The first-order chi connectivity index (χ1) is 13.3. The zero-order valence-electron chi connectivity index (χ0n) is 15.4. The molecule has 5 nitrogen and oxygen atoms in total. The van der Waals surface area contributed by atoms with Gasteiger partial charge in [-0.2, -0.15) is 0 Å². The van der Waals surface area contributed by atoms with Gasteiger partial charge in [-0.3, -0.25) is 9.69 Å². The highest BCUT2D eigenvalue weighted by Gasteiger charge is 2.28. The summed E-state index contributed by atoms with van der Waals surface area (Å²) in [7, 11) is 0. The first kappa shape index (κ1) is 16.6. The molecule has 0 saturated carbocycles. The summed E-state index contributed by atoms with van der Waals surface area (Å²) >= 11 is 0. The zero-order valence-corrected chi connectivity index (χ0v) is 15.4. The van der Waals surface area contributed by atoms with E-state index in [0.717, 1.165) is 49.5 Å². The van der Waals surface area contributed by atoms with Crippen molar-refractivity contribution in [2.75, 3.05) is 26.3 Å². The van der Waals surface area contributed by atoms with Gasteiger partial charge < -0.3 is 14.8 Å². The molecule has 0 unspecified atom stereocenters. The maximum atomic E-state index is 12.0. The Kier molecular flexibility index (Phi) is 4.24. The summed E-state index contributed by atoms with van der Waals surface area (Å²) in [4.78, 5) is 14.5. The van der Waals surface area contributed by atoms with Crippen LogP contribution in [0.5, 0.6) is 11.5 Å². The van der Waals surface area contributed by atoms with Crippen LogP contribution in [-0.2, 0) is 13.0 Å². The molecule has 140 valence electrons. The van der Waals surface area contributed by atoms with Gasteiger partial charge in [0.1, 0.15) is 13.2 Å². The molecule has 1 fully saturated rings. The Bertz CT molecular complexity index is 880. The van der Waals surface area contributed by atoms with Gasteiger partial charge >= 0.3 is 0 Å². The Hall–Kier alpha value is -2.53. The molecule has 0 aromatic heterocycles. The fourth-order valence-electron chi connectivity index (χ4n) is 4.47. The van der Waals surface area contributed by atoms with Crippen LogP contribution in [0, 0.1) is 0 Å². The lowest BCUT2D eigenvalue weighted by Gasteiger charge is -2.27. The van der Waals surface area contributed by atoms with Gasteiger partial charge in [-0.15, -0.1) is 0 Å². The third-order valence-electron chi connectivity index (χ3n) is 5.79. The topological polar surface area (TPSA) is 50.8 Å². The van der Waals surface area contributed by atoms with E-state index in [1.165, 1.54) is 23.1 Å². The van der Waals surface area contributed by atoms with Gasteiger partial charge in [-0.05, 0) is 60.7 Å². The van der Waals surface area contributed by atoms with Gasteiger partial charge in [0.05, 0.1) is 0 Å². The molecule has 0 aliphatic carbocycles. The second kappa shape index (κ2) is 6.89. The molecule has 1 amide bonds. The van der Waals surface area contributed by atoms with E-state index in [1.54, 1.807) is 0 Å². The number of nitrogens with one attached hydrogen (secondary N) is 1. The Labute approximate surface area is 159 Å². The van der Waals surface area contributed by atoms with Crippen LogP contribution in [0.1, 0.15) is 45.9 Å². The summed E-state index contributed by atoms with van der Waals surface area (Å²) in [6.45, 7) is 3.98. The summed E-state index contributed by atoms with van der Waals surface area (Å²) in [6, 6.07) is 13.1. The molecule has 2 aromatic rings. The number of fused-ring (bicyclic) bond motifs is 2. The number of carbonyl (C=O) groups excluding carboxylic acids is 1. The second-order valence-electron chi connectivity index (χ2n) is 7.53. The molecule has 3 aliphatic rings. The molecule has 2 aromatic carbocycles. The van der Waals surface area contributed by atoms with Crippen LogP contribution in [0.15, 0.2) is 36.4 Å². The Morgan fingerprint density at radius 1 is 1.07 bits per heavy atom. The normalized spacial score (nSPS) is 21.6. The second-order valence-corrected chi connectivity index (χ2v) is 7.53. The highest BCUT2D eigenvalue weighted by molar-refractivity contribution is 5.96. The largest absolute Gasteiger partial charge is 0.486 e. The first-order valence-corrected chi connectivity index (χ1v) is 9.81. The lowest BCUT2D eigenvalue weighted by molar-refractivity contribution is 0.0946. The predicted octanol–water partition coefficient (Wildman–Crippen LogP) is 3.08. The van der Waals surface area contributed by atoms with Crippen LogP contribution >= 0.6 is 0 Å². The number of ether oxygens (including phenoxy) is 2. The van der Waals surface area contributed by atoms with Gasteiger partial charge in [0.25, 0.3) is 5.91 Å². The average molecular weight is 364 g/mol. The molecule has 0 spiro atoms. The van der Waals surface area contributed by atoms with E-state index >= 15 is 0 Å². The molecule has 3 aliphatic heterocycles. The minimum Gasteiger partial charge on any atom is -0.486 e. The molecule has 5 rings (SSSR count). The maximum Gasteiger partial charge on any atom is 0.251 e. The van der Waals surface area contributed by atoms with E-state index in [9.17, 15) is 4.79 Å². The minimum atomic E-state index is 0.0538. The monoisotopic (exact) mass is 364 g/mol. The smallest absolute Gasteiger partial charge is 0.251 e. The first-order valence-electron chi connectivity index (χ1n) is 9.81. The lowest BCUT2D eigenvalue weighted by Crippen LogP contribution is -2.32. The fourth-order valence-corrected chi connectivity index (χ4v) is 4.47. The summed E-state index contributed by atoms with van der Waals surface area (Å²) in [5.41, 5.74) is 4.59. The van der Waals surface area contributed by atoms with Crippen molar-refractivity contribution in [1.29, 1.82) is 0 Å². The summed E-state index contributed by atoms with van der Waals surface area (Å²) in [5, 5.41) is 2.91. The van der Waals surface area contributed by atoms with E-state index in [1.807, 2.05) is 12.1 Å². The molecule has 0 bridgehead atoms. The minimum absolute atomic E-state index is 0.0538. The van der Waals surface area contributed by atoms with Crippen LogP contribution in [0.4, 0.5) is 0 Å². The van der Waals surface area contributed by atoms with Crippen LogP contribution in [0.25, 0.3) is 0 Å². The van der Waals surface area contributed by atoms with Crippen LogP contribution in [-0.4, -0.2) is 37.1 Å². The molecular weight excluding hydrogens is 340 g/mol. The van der Waals surface area contributed by atoms with E-state index in [2.05, 4.69) is 34.5 Å². The Morgan fingerprint density at radius 3 is 2.89 bits per heavy atom. The van der Waals surface area contributed by atoms with Gasteiger partial charge in [0.15, 0.2) is 11.5 Å². The summed E-state index contributed by atoms with van der Waals surface area (Å²) < 4.78 is 11.4.